The fourth-order valence-electron chi connectivity index (χ4n) is 1.79. The van der Waals surface area contributed by atoms with E-state index in [0.717, 1.165) is 12.8 Å². The number of benzene rings is 1. The van der Waals surface area contributed by atoms with Crippen LogP contribution in [0.2, 0.25) is 5.02 Å². The van der Waals surface area contributed by atoms with Crippen LogP contribution in [-0.4, -0.2) is 38.9 Å². The van der Waals surface area contributed by atoms with E-state index < -0.39 is 10.0 Å². The molecule has 0 bridgehead atoms. The Hall–Kier alpha value is -1.11. The third kappa shape index (κ3) is 6.03. The Bertz CT molecular complexity index is 558. The zero-order valence-electron chi connectivity index (χ0n) is 12.3. The van der Waals surface area contributed by atoms with E-state index in [1.165, 1.54) is 31.2 Å². The predicted octanol–water partition coefficient (Wildman–Crippen LogP) is 2.27. The second-order valence-electron chi connectivity index (χ2n) is 4.71. The zero-order valence-corrected chi connectivity index (χ0v) is 13.9. The van der Waals surface area contributed by atoms with Crippen molar-refractivity contribution in [2.24, 2.45) is 0 Å². The second-order valence-corrected chi connectivity index (χ2v) is 6.91. The van der Waals surface area contributed by atoms with Crippen molar-refractivity contribution < 1.29 is 13.2 Å². The van der Waals surface area contributed by atoms with E-state index in [1.807, 2.05) is 6.92 Å². The molecule has 1 amide bonds. The van der Waals surface area contributed by atoms with Crippen LogP contribution in [0.25, 0.3) is 0 Å². The number of carbonyl (C=O) groups excluding carboxylic acids is 1. The largest absolute Gasteiger partial charge is 0.342 e. The Labute approximate surface area is 131 Å². The Morgan fingerprint density at radius 1 is 1.24 bits per heavy atom. The number of amides is 1. The van der Waals surface area contributed by atoms with Crippen molar-refractivity contribution >= 4 is 27.5 Å². The van der Waals surface area contributed by atoms with Gasteiger partial charge in [0.25, 0.3) is 0 Å². The number of nitrogens with one attached hydrogen (secondary N) is 1. The first kappa shape index (κ1) is 17.9. The number of unbranched alkanes of at least 4 members (excludes halogenated alkanes) is 1. The summed E-state index contributed by atoms with van der Waals surface area (Å²) in [6, 6.07) is 5.95. The van der Waals surface area contributed by atoms with Gasteiger partial charge in [-0.05, 0) is 30.7 Å². The number of rotatable bonds is 8. The van der Waals surface area contributed by atoms with Crippen molar-refractivity contribution in [3.05, 3.63) is 29.3 Å². The lowest BCUT2D eigenvalue weighted by atomic mass is 10.3. The molecule has 21 heavy (non-hydrogen) atoms. The number of carbonyl (C=O) groups is 1. The molecule has 0 saturated carbocycles. The average molecular weight is 333 g/mol. The van der Waals surface area contributed by atoms with Crippen molar-refractivity contribution in [3.8, 4) is 0 Å². The van der Waals surface area contributed by atoms with E-state index in [-0.39, 0.29) is 17.3 Å². The van der Waals surface area contributed by atoms with Crippen LogP contribution < -0.4 is 4.72 Å². The lowest BCUT2D eigenvalue weighted by Gasteiger charge is -2.20. The van der Waals surface area contributed by atoms with Gasteiger partial charge in [-0.3, -0.25) is 4.79 Å². The summed E-state index contributed by atoms with van der Waals surface area (Å²) in [5.41, 5.74) is 0. The van der Waals surface area contributed by atoms with E-state index in [1.54, 1.807) is 4.90 Å². The summed E-state index contributed by atoms with van der Waals surface area (Å²) in [6.07, 6.45) is 1.89. The molecule has 0 aliphatic heterocycles. The molecule has 0 aliphatic carbocycles. The maximum absolute atomic E-state index is 12.1. The Kier molecular flexibility index (Phi) is 7.14. The van der Waals surface area contributed by atoms with Gasteiger partial charge in [0.05, 0.1) is 4.90 Å². The fourth-order valence-corrected chi connectivity index (χ4v) is 2.93. The molecule has 0 radical (unpaired) electrons. The van der Waals surface area contributed by atoms with Crippen molar-refractivity contribution in [1.82, 2.24) is 9.62 Å². The van der Waals surface area contributed by atoms with Crippen LogP contribution in [0.5, 0.6) is 0 Å². The molecule has 7 heteroatoms. The van der Waals surface area contributed by atoms with Gasteiger partial charge in [-0.2, -0.15) is 0 Å². The molecule has 0 heterocycles. The van der Waals surface area contributed by atoms with Crippen molar-refractivity contribution in [3.63, 3.8) is 0 Å². The summed E-state index contributed by atoms with van der Waals surface area (Å²) in [4.78, 5) is 13.3. The highest BCUT2D eigenvalue weighted by Gasteiger charge is 2.14. The van der Waals surface area contributed by atoms with E-state index in [2.05, 4.69) is 4.72 Å². The molecule has 5 nitrogen and oxygen atoms in total. The van der Waals surface area contributed by atoms with Crippen LogP contribution in [0.4, 0.5) is 0 Å². The van der Waals surface area contributed by atoms with Gasteiger partial charge < -0.3 is 4.90 Å². The number of hydrogen-bond acceptors (Lipinski definition) is 3. The molecule has 118 valence electrons. The van der Waals surface area contributed by atoms with Crippen molar-refractivity contribution in [1.29, 1.82) is 0 Å². The van der Waals surface area contributed by atoms with Crippen LogP contribution in [0.3, 0.4) is 0 Å². The Balaban J connectivity index is 2.56. The van der Waals surface area contributed by atoms with Crippen LogP contribution in [0.1, 0.15) is 26.7 Å². The number of halogens is 1. The predicted molar refractivity (Wildman–Crippen MR) is 83.8 cm³/mol. The first-order chi connectivity index (χ1) is 9.86. The monoisotopic (exact) mass is 332 g/mol. The van der Waals surface area contributed by atoms with E-state index >= 15 is 0 Å². The van der Waals surface area contributed by atoms with Gasteiger partial charge >= 0.3 is 0 Å². The maximum Gasteiger partial charge on any atom is 0.240 e. The van der Waals surface area contributed by atoms with Crippen molar-refractivity contribution in [2.45, 2.75) is 31.6 Å². The van der Waals surface area contributed by atoms with Gasteiger partial charge in [0.15, 0.2) is 0 Å². The van der Waals surface area contributed by atoms with E-state index in [9.17, 15) is 13.2 Å². The minimum Gasteiger partial charge on any atom is -0.342 e. The summed E-state index contributed by atoms with van der Waals surface area (Å²) in [5.74, 6) is -0.0471. The highest BCUT2D eigenvalue weighted by molar-refractivity contribution is 7.89. The molecule has 1 rings (SSSR count). The molecular formula is C14H21ClN2O3S. The first-order valence-electron chi connectivity index (χ1n) is 6.87. The topological polar surface area (TPSA) is 66.5 Å². The molecule has 0 atom stereocenters. The highest BCUT2D eigenvalue weighted by atomic mass is 35.5. The average Bonchev–Trinajstić information content (AvgIpc) is 2.42. The molecule has 0 unspecified atom stereocenters. The molecule has 0 fully saturated rings. The molecule has 1 N–H and O–H groups in total. The van der Waals surface area contributed by atoms with Gasteiger partial charge in [0.2, 0.25) is 15.9 Å². The molecule has 0 saturated heterocycles. The summed E-state index contributed by atoms with van der Waals surface area (Å²) < 4.78 is 26.6. The van der Waals surface area contributed by atoms with Gasteiger partial charge in [-0.1, -0.05) is 24.9 Å². The standard InChI is InChI=1S/C14H21ClN2O3S/c1-3-4-10-17(12(2)18)11-9-16-21(19,20)14-7-5-13(15)6-8-14/h5-8,16H,3-4,9-11H2,1-2H3. The van der Waals surface area contributed by atoms with Crippen molar-refractivity contribution in [2.75, 3.05) is 19.6 Å². The second kappa shape index (κ2) is 8.36. The molecule has 0 spiro atoms. The highest BCUT2D eigenvalue weighted by Crippen LogP contribution is 2.13. The Morgan fingerprint density at radius 2 is 1.86 bits per heavy atom. The molecule has 0 aromatic heterocycles. The number of nitrogens with zero attached hydrogens (tertiary/aromatic N) is 1. The maximum atomic E-state index is 12.1. The fraction of sp³-hybridized carbons (Fsp3) is 0.500. The molecule has 0 aliphatic rings. The SMILES string of the molecule is CCCCN(CCNS(=O)(=O)c1ccc(Cl)cc1)C(C)=O. The molecule has 1 aromatic rings. The van der Waals surface area contributed by atoms with Crippen LogP contribution in [0, 0.1) is 0 Å². The van der Waals surface area contributed by atoms with Crippen LogP contribution in [-0.2, 0) is 14.8 Å². The smallest absolute Gasteiger partial charge is 0.240 e. The normalized spacial score (nSPS) is 11.4. The Morgan fingerprint density at radius 3 is 2.38 bits per heavy atom. The minimum absolute atomic E-state index is 0.0471. The van der Waals surface area contributed by atoms with E-state index in [0.29, 0.717) is 18.1 Å². The summed E-state index contributed by atoms with van der Waals surface area (Å²) in [7, 11) is -3.57. The first-order valence-corrected chi connectivity index (χ1v) is 8.73. The van der Waals surface area contributed by atoms with Gasteiger partial charge in [0, 0.05) is 31.6 Å². The lowest BCUT2D eigenvalue weighted by Crippen LogP contribution is -2.38. The van der Waals surface area contributed by atoms with Gasteiger partial charge in [-0.15, -0.1) is 0 Å². The van der Waals surface area contributed by atoms with Gasteiger partial charge in [-0.25, -0.2) is 13.1 Å². The number of hydrogen-bond donors (Lipinski definition) is 1. The van der Waals surface area contributed by atoms with Crippen LogP contribution >= 0.6 is 11.6 Å². The minimum atomic E-state index is -3.57. The zero-order chi connectivity index (χ0) is 15.9. The molecule has 1 aromatic carbocycles. The summed E-state index contributed by atoms with van der Waals surface area (Å²) in [6.45, 7) is 4.73. The van der Waals surface area contributed by atoms with Crippen LogP contribution in [0.15, 0.2) is 29.2 Å². The summed E-state index contributed by atoms with van der Waals surface area (Å²) in [5, 5.41) is 0.483. The number of sulfonamides is 1. The quantitative estimate of drug-likeness (QED) is 0.794. The lowest BCUT2D eigenvalue weighted by molar-refractivity contribution is -0.128. The van der Waals surface area contributed by atoms with Gasteiger partial charge in [0.1, 0.15) is 0 Å². The third-order valence-electron chi connectivity index (χ3n) is 3.02. The summed E-state index contributed by atoms with van der Waals surface area (Å²) >= 11 is 5.73. The third-order valence-corrected chi connectivity index (χ3v) is 4.75. The molecular weight excluding hydrogens is 312 g/mol. The van der Waals surface area contributed by atoms with E-state index in [4.69, 9.17) is 11.6 Å².